The van der Waals surface area contributed by atoms with Crippen LogP contribution in [-0.4, -0.2) is 41.5 Å². The molecule has 1 heterocycles. The van der Waals surface area contributed by atoms with Crippen molar-refractivity contribution >= 4 is 29.2 Å². The van der Waals surface area contributed by atoms with E-state index < -0.39 is 11.2 Å². The van der Waals surface area contributed by atoms with Gasteiger partial charge in [-0.2, -0.15) is 0 Å². The Morgan fingerprint density at radius 3 is 2.66 bits per heavy atom. The van der Waals surface area contributed by atoms with Crippen molar-refractivity contribution in [1.29, 1.82) is 0 Å². The number of benzene rings is 1. The number of hydrogen-bond donors (Lipinski definition) is 2. The Kier molecular flexibility index (Phi) is 9.01. The molecule has 158 valence electrons. The Morgan fingerprint density at radius 1 is 1.28 bits per heavy atom. The maximum Gasteiger partial charge on any atom is 0.330 e. The molecule has 3 N–H and O–H groups in total. The van der Waals surface area contributed by atoms with Gasteiger partial charge in [-0.15, -0.1) is 11.8 Å². The second-order valence-corrected chi connectivity index (χ2v) is 7.50. The van der Waals surface area contributed by atoms with Gasteiger partial charge in [0.1, 0.15) is 5.82 Å². The number of carbonyl (C=O) groups is 1. The maximum absolute atomic E-state index is 12.9. The van der Waals surface area contributed by atoms with Crippen LogP contribution in [0.15, 0.2) is 39.9 Å². The van der Waals surface area contributed by atoms with Crippen molar-refractivity contribution in [2.24, 2.45) is 0 Å². The molecule has 2 aromatic rings. The summed E-state index contributed by atoms with van der Waals surface area (Å²) in [5.74, 6) is 0.587. The largest absolute Gasteiger partial charge is 0.383 e. The van der Waals surface area contributed by atoms with Crippen molar-refractivity contribution in [2.45, 2.75) is 32.1 Å². The number of anilines is 2. The quantitative estimate of drug-likeness (QED) is 0.574. The molecule has 0 aliphatic rings. The number of unbranched alkanes of at least 4 members (excludes halogenated alkanes) is 1. The first-order valence-electron chi connectivity index (χ1n) is 9.53. The van der Waals surface area contributed by atoms with E-state index in [2.05, 4.69) is 4.98 Å². The van der Waals surface area contributed by atoms with Gasteiger partial charge in [-0.05, 0) is 12.0 Å². The number of methoxy groups -OCH3 is 1. The molecule has 0 aliphatic carbocycles. The average molecular weight is 421 g/mol. The van der Waals surface area contributed by atoms with Crippen LogP contribution in [0.5, 0.6) is 0 Å². The molecular weight excluding hydrogens is 392 g/mol. The van der Waals surface area contributed by atoms with Gasteiger partial charge in [0.25, 0.3) is 5.56 Å². The molecule has 2 rings (SSSR count). The molecule has 0 saturated carbocycles. The van der Waals surface area contributed by atoms with Crippen molar-refractivity contribution < 1.29 is 9.53 Å². The average Bonchev–Trinajstić information content (AvgIpc) is 2.70. The van der Waals surface area contributed by atoms with Gasteiger partial charge in [-0.1, -0.05) is 43.7 Å². The molecule has 8 nitrogen and oxygen atoms in total. The van der Waals surface area contributed by atoms with Crippen molar-refractivity contribution in [2.75, 3.05) is 36.6 Å². The number of ether oxygens (including phenoxy) is 1. The monoisotopic (exact) mass is 420 g/mol. The number of nitrogens with one attached hydrogen (secondary N) is 1. The molecule has 0 radical (unpaired) electrons. The van der Waals surface area contributed by atoms with E-state index in [1.54, 1.807) is 0 Å². The topological polar surface area (TPSA) is 110 Å². The van der Waals surface area contributed by atoms with Gasteiger partial charge in [0, 0.05) is 26.0 Å². The molecule has 9 heteroatoms. The van der Waals surface area contributed by atoms with E-state index in [9.17, 15) is 14.4 Å². The van der Waals surface area contributed by atoms with Gasteiger partial charge in [-0.3, -0.25) is 19.1 Å². The van der Waals surface area contributed by atoms with E-state index in [-0.39, 0.29) is 36.3 Å². The van der Waals surface area contributed by atoms with Crippen LogP contribution >= 0.6 is 11.8 Å². The van der Waals surface area contributed by atoms with Crippen LogP contribution < -0.4 is 21.9 Å². The first-order chi connectivity index (χ1) is 14.0. The SMILES string of the molecule is CCCCn1c(N)c(N(CCOC)C(=O)CSCc2ccccc2)c(=O)[nH]c1=O. The van der Waals surface area contributed by atoms with E-state index in [0.717, 1.165) is 18.4 Å². The number of carbonyl (C=O) groups excluding carboxylic acids is 1. The molecule has 0 unspecified atom stereocenters. The number of nitrogen functional groups attached to an aromatic ring is 1. The minimum atomic E-state index is -0.669. The van der Waals surface area contributed by atoms with Crippen LogP contribution in [0.25, 0.3) is 0 Å². The smallest absolute Gasteiger partial charge is 0.330 e. The molecule has 0 spiro atoms. The zero-order valence-electron chi connectivity index (χ0n) is 16.8. The summed E-state index contributed by atoms with van der Waals surface area (Å²) in [5, 5.41) is 0. The third-order valence-electron chi connectivity index (χ3n) is 4.38. The van der Waals surface area contributed by atoms with Crippen molar-refractivity contribution in [3.05, 3.63) is 56.7 Å². The highest BCUT2D eigenvalue weighted by Gasteiger charge is 2.24. The zero-order valence-corrected chi connectivity index (χ0v) is 17.7. The first kappa shape index (κ1) is 22.8. The number of nitrogens with two attached hydrogens (primary N) is 1. The lowest BCUT2D eigenvalue weighted by Gasteiger charge is -2.24. The summed E-state index contributed by atoms with van der Waals surface area (Å²) < 4.78 is 6.40. The first-order valence-corrected chi connectivity index (χ1v) is 10.7. The van der Waals surface area contributed by atoms with Crippen molar-refractivity contribution in [1.82, 2.24) is 9.55 Å². The standard InChI is InChI=1S/C20H28N4O4S/c1-3-4-10-24-18(21)17(19(26)22-20(24)27)23(11-12-28-2)16(25)14-29-13-15-8-6-5-7-9-15/h5-9H,3-4,10-14,21H2,1-2H3,(H,22,26,27). The highest BCUT2D eigenvalue weighted by Crippen LogP contribution is 2.19. The number of aromatic nitrogens is 2. The number of amides is 1. The number of H-pyrrole nitrogens is 1. The fourth-order valence-corrected chi connectivity index (χ4v) is 3.69. The second-order valence-electron chi connectivity index (χ2n) is 6.51. The molecular formula is C20H28N4O4S. The van der Waals surface area contributed by atoms with E-state index in [1.165, 1.54) is 28.3 Å². The van der Waals surface area contributed by atoms with Gasteiger partial charge in [0.05, 0.1) is 12.4 Å². The van der Waals surface area contributed by atoms with E-state index >= 15 is 0 Å². The van der Waals surface area contributed by atoms with E-state index in [0.29, 0.717) is 12.3 Å². The van der Waals surface area contributed by atoms with Gasteiger partial charge in [0.15, 0.2) is 5.69 Å². The second kappa shape index (κ2) is 11.5. The van der Waals surface area contributed by atoms with Crippen LogP contribution in [0.2, 0.25) is 0 Å². The Bertz CT molecular complexity index is 911. The third-order valence-corrected chi connectivity index (χ3v) is 5.36. The van der Waals surface area contributed by atoms with Crippen LogP contribution in [0.1, 0.15) is 25.3 Å². The number of nitrogens with zero attached hydrogens (tertiary/aromatic N) is 2. The molecule has 0 fully saturated rings. The van der Waals surface area contributed by atoms with Crippen LogP contribution in [0.4, 0.5) is 11.5 Å². The summed E-state index contributed by atoms with van der Waals surface area (Å²) >= 11 is 1.45. The Labute approximate surface area is 174 Å². The fraction of sp³-hybridized carbons (Fsp3) is 0.450. The molecule has 0 saturated heterocycles. The van der Waals surface area contributed by atoms with Crippen LogP contribution in [0, 0.1) is 0 Å². The molecule has 1 aromatic carbocycles. The summed E-state index contributed by atoms with van der Waals surface area (Å²) in [6.07, 6.45) is 1.59. The lowest BCUT2D eigenvalue weighted by atomic mass is 10.2. The zero-order chi connectivity index (χ0) is 21.2. The maximum atomic E-state index is 12.9. The number of thioether (sulfide) groups is 1. The van der Waals surface area contributed by atoms with Gasteiger partial charge >= 0.3 is 5.69 Å². The Balaban J connectivity index is 2.25. The Hall–Kier alpha value is -2.52. The fourth-order valence-electron chi connectivity index (χ4n) is 2.83. The minimum absolute atomic E-state index is 0.00284. The summed E-state index contributed by atoms with van der Waals surface area (Å²) in [6.45, 7) is 2.77. The highest BCUT2D eigenvalue weighted by molar-refractivity contribution is 7.99. The molecule has 0 bridgehead atoms. The van der Waals surface area contributed by atoms with Crippen LogP contribution in [-0.2, 0) is 21.8 Å². The van der Waals surface area contributed by atoms with Crippen LogP contribution in [0.3, 0.4) is 0 Å². The molecule has 0 aliphatic heterocycles. The lowest BCUT2D eigenvalue weighted by Crippen LogP contribution is -2.43. The predicted octanol–water partition coefficient (Wildman–Crippen LogP) is 1.83. The predicted molar refractivity (Wildman–Crippen MR) is 117 cm³/mol. The van der Waals surface area contributed by atoms with E-state index in [1.807, 2.05) is 37.3 Å². The molecule has 0 atom stereocenters. The normalized spacial score (nSPS) is 10.8. The molecule has 1 aromatic heterocycles. The molecule has 29 heavy (non-hydrogen) atoms. The van der Waals surface area contributed by atoms with Gasteiger partial charge in [-0.25, -0.2) is 4.79 Å². The summed E-state index contributed by atoms with van der Waals surface area (Å²) in [7, 11) is 1.52. The van der Waals surface area contributed by atoms with E-state index in [4.69, 9.17) is 10.5 Å². The Morgan fingerprint density at radius 2 is 2.00 bits per heavy atom. The molecule has 1 amide bonds. The third kappa shape index (κ3) is 6.23. The summed E-state index contributed by atoms with van der Waals surface area (Å²) in [4.78, 5) is 41.2. The van der Waals surface area contributed by atoms with Crippen molar-refractivity contribution in [3.63, 3.8) is 0 Å². The minimum Gasteiger partial charge on any atom is -0.383 e. The number of rotatable bonds is 11. The lowest BCUT2D eigenvalue weighted by molar-refractivity contribution is -0.116. The van der Waals surface area contributed by atoms with Gasteiger partial charge in [0.2, 0.25) is 5.91 Å². The highest BCUT2D eigenvalue weighted by atomic mass is 32.2. The number of hydrogen-bond acceptors (Lipinski definition) is 6. The van der Waals surface area contributed by atoms with Crippen molar-refractivity contribution in [3.8, 4) is 0 Å². The number of aromatic amines is 1. The van der Waals surface area contributed by atoms with Gasteiger partial charge < -0.3 is 15.4 Å². The summed E-state index contributed by atoms with van der Waals surface area (Å²) in [6, 6.07) is 9.82. The summed E-state index contributed by atoms with van der Waals surface area (Å²) in [5.41, 5.74) is 6.03.